The lowest BCUT2D eigenvalue weighted by atomic mass is 10.1. The largest absolute Gasteiger partial charge is 0.486 e. The number of nitrogens with two attached hydrogens (primary N) is 1. The highest BCUT2D eigenvalue weighted by Gasteiger charge is 2.06. The van der Waals surface area contributed by atoms with Crippen LogP contribution in [0.15, 0.2) is 42.7 Å². The number of halogens is 1. The minimum atomic E-state index is -0.359. The predicted molar refractivity (Wildman–Crippen MR) is 72.3 cm³/mol. The van der Waals surface area contributed by atoms with Gasteiger partial charge in [0.05, 0.1) is 0 Å². The Kier molecular flexibility index (Phi) is 4.47. The second-order valence-corrected chi connectivity index (χ2v) is 4.60. The Morgan fingerprint density at radius 1 is 1.32 bits per heavy atom. The number of hydrogen-bond acceptors (Lipinski definition) is 3. The molecule has 0 aliphatic carbocycles. The first-order chi connectivity index (χ1) is 9.15. The standard InChI is InChI=1S/C15H17FN2O/c1-11(17)7-12-4-5-15(14(16)8-12)19-10-13-3-2-6-18-9-13/h2-6,8-9,11H,7,10,17H2,1H3. The van der Waals surface area contributed by atoms with Gasteiger partial charge in [-0.1, -0.05) is 12.1 Å². The van der Waals surface area contributed by atoms with Crippen molar-refractivity contribution in [2.75, 3.05) is 0 Å². The zero-order valence-corrected chi connectivity index (χ0v) is 10.8. The van der Waals surface area contributed by atoms with Crippen LogP contribution in [0.4, 0.5) is 4.39 Å². The van der Waals surface area contributed by atoms with Gasteiger partial charge in [-0.25, -0.2) is 4.39 Å². The van der Waals surface area contributed by atoms with E-state index in [9.17, 15) is 4.39 Å². The minimum Gasteiger partial charge on any atom is -0.486 e. The van der Waals surface area contributed by atoms with Crippen molar-refractivity contribution in [1.82, 2.24) is 4.98 Å². The van der Waals surface area contributed by atoms with Crippen molar-refractivity contribution in [2.24, 2.45) is 5.73 Å². The van der Waals surface area contributed by atoms with E-state index < -0.39 is 0 Å². The molecule has 1 aromatic carbocycles. The Morgan fingerprint density at radius 2 is 2.16 bits per heavy atom. The summed E-state index contributed by atoms with van der Waals surface area (Å²) < 4.78 is 19.3. The van der Waals surface area contributed by atoms with Gasteiger partial charge in [0.2, 0.25) is 0 Å². The van der Waals surface area contributed by atoms with Crippen molar-refractivity contribution >= 4 is 0 Å². The van der Waals surface area contributed by atoms with Gasteiger partial charge in [0.1, 0.15) is 6.61 Å². The first-order valence-corrected chi connectivity index (χ1v) is 6.21. The second kappa shape index (κ2) is 6.29. The Balaban J connectivity index is 2.01. The Hall–Kier alpha value is -1.94. The molecular weight excluding hydrogens is 243 g/mol. The first kappa shape index (κ1) is 13.5. The molecule has 0 radical (unpaired) electrons. The summed E-state index contributed by atoms with van der Waals surface area (Å²) in [5, 5.41) is 0. The lowest BCUT2D eigenvalue weighted by molar-refractivity contribution is 0.289. The van der Waals surface area contributed by atoms with Crippen LogP contribution in [0.3, 0.4) is 0 Å². The topological polar surface area (TPSA) is 48.1 Å². The summed E-state index contributed by atoms with van der Waals surface area (Å²) >= 11 is 0. The molecule has 4 heteroatoms. The molecule has 0 saturated heterocycles. The third-order valence-corrected chi connectivity index (χ3v) is 2.67. The molecular formula is C15H17FN2O. The molecule has 3 nitrogen and oxygen atoms in total. The first-order valence-electron chi connectivity index (χ1n) is 6.21. The molecule has 0 bridgehead atoms. The van der Waals surface area contributed by atoms with Gasteiger partial charge in [0, 0.05) is 24.0 Å². The maximum absolute atomic E-state index is 13.8. The van der Waals surface area contributed by atoms with Gasteiger partial charge in [-0.3, -0.25) is 4.98 Å². The van der Waals surface area contributed by atoms with Crippen molar-refractivity contribution < 1.29 is 9.13 Å². The fraction of sp³-hybridized carbons (Fsp3) is 0.267. The van der Waals surface area contributed by atoms with Crippen LogP contribution in [0.5, 0.6) is 5.75 Å². The van der Waals surface area contributed by atoms with Crippen molar-refractivity contribution in [3.63, 3.8) is 0 Å². The van der Waals surface area contributed by atoms with Gasteiger partial charge in [-0.2, -0.15) is 0 Å². The monoisotopic (exact) mass is 260 g/mol. The molecule has 0 aliphatic heterocycles. The normalized spacial score (nSPS) is 12.2. The molecule has 19 heavy (non-hydrogen) atoms. The third-order valence-electron chi connectivity index (χ3n) is 2.67. The molecule has 0 amide bonds. The lowest BCUT2D eigenvalue weighted by Crippen LogP contribution is -2.17. The summed E-state index contributed by atoms with van der Waals surface area (Å²) in [5.41, 5.74) is 7.47. The van der Waals surface area contributed by atoms with Gasteiger partial charge >= 0.3 is 0 Å². The smallest absolute Gasteiger partial charge is 0.165 e. The lowest BCUT2D eigenvalue weighted by Gasteiger charge is -2.10. The highest BCUT2D eigenvalue weighted by Crippen LogP contribution is 2.20. The van der Waals surface area contributed by atoms with Gasteiger partial charge < -0.3 is 10.5 Å². The summed E-state index contributed by atoms with van der Waals surface area (Å²) in [5.74, 6) is -0.112. The summed E-state index contributed by atoms with van der Waals surface area (Å²) in [4.78, 5) is 3.98. The number of hydrogen-bond donors (Lipinski definition) is 1. The van der Waals surface area contributed by atoms with Crippen LogP contribution in [0, 0.1) is 5.82 Å². The van der Waals surface area contributed by atoms with Crippen LogP contribution >= 0.6 is 0 Å². The summed E-state index contributed by atoms with van der Waals surface area (Å²) in [6, 6.07) is 8.67. The van der Waals surface area contributed by atoms with Crippen LogP contribution in [0.25, 0.3) is 0 Å². The van der Waals surface area contributed by atoms with Crippen molar-refractivity contribution in [3.8, 4) is 5.75 Å². The van der Waals surface area contributed by atoms with Crippen molar-refractivity contribution in [1.29, 1.82) is 0 Å². The van der Waals surface area contributed by atoms with Crippen LogP contribution in [-0.4, -0.2) is 11.0 Å². The molecule has 1 heterocycles. The van der Waals surface area contributed by atoms with Crippen molar-refractivity contribution in [2.45, 2.75) is 26.0 Å². The number of nitrogens with zero attached hydrogens (tertiary/aromatic N) is 1. The molecule has 1 atom stereocenters. The van der Waals surface area contributed by atoms with Gasteiger partial charge in [0.15, 0.2) is 11.6 Å². The van der Waals surface area contributed by atoms with Crippen LogP contribution in [-0.2, 0) is 13.0 Å². The molecule has 0 spiro atoms. The van der Waals surface area contributed by atoms with Gasteiger partial charge in [-0.15, -0.1) is 0 Å². The number of pyridine rings is 1. The molecule has 2 rings (SSSR count). The van der Waals surface area contributed by atoms with E-state index in [1.165, 1.54) is 6.07 Å². The molecule has 0 fully saturated rings. The minimum absolute atomic E-state index is 0.0153. The number of benzene rings is 1. The molecule has 1 unspecified atom stereocenters. The molecule has 1 aromatic heterocycles. The van der Waals surface area contributed by atoms with Crippen LogP contribution < -0.4 is 10.5 Å². The van der Waals surface area contributed by atoms with Crippen molar-refractivity contribution in [3.05, 3.63) is 59.7 Å². The van der Waals surface area contributed by atoms with E-state index in [0.29, 0.717) is 13.0 Å². The van der Waals surface area contributed by atoms with E-state index in [0.717, 1.165) is 11.1 Å². The van der Waals surface area contributed by atoms with E-state index in [2.05, 4.69) is 4.98 Å². The fourth-order valence-corrected chi connectivity index (χ4v) is 1.80. The average molecular weight is 260 g/mol. The van der Waals surface area contributed by atoms with E-state index in [1.54, 1.807) is 18.5 Å². The van der Waals surface area contributed by atoms with E-state index in [-0.39, 0.29) is 17.6 Å². The SMILES string of the molecule is CC(N)Cc1ccc(OCc2cccnc2)c(F)c1. The second-order valence-electron chi connectivity index (χ2n) is 4.60. The Labute approximate surface area is 112 Å². The molecule has 2 N–H and O–H groups in total. The fourth-order valence-electron chi connectivity index (χ4n) is 1.80. The number of rotatable bonds is 5. The van der Waals surface area contributed by atoms with E-state index >= 15 is 0 Å². The zero-order chi connectivity index (χ0) is 13.7. The quantitative estimate of drug-likeness (QED) is 0.899. The highest BCUT2D eigenvalue weighted by atomic mass is 19.1. The molecule has 0 saturated carbocycles. The summed E-state index contributed by atoms with van der Waals surface area (Å²) in [6.07, 6.45) is 4.04. The van der Waals surface area contributed by atoms with Gasteiger partial charge in [-0.05, 0) is 37.1 Å². The molecule has 0 aliphatic rings. The zero-order valence-electron chi connectivity index (χ0n) is 10.8. The Bertz CT molecular complexity index is 529. The average Bonchev–Trinajstić information content (AvgIpc) is 2.38. The maximum atomic E-state index is 13.8. The van der Waals surface area contributed by atoms with Gasteiger partial charge in [0.25, 0.3) is 0 Å². The number of ether oxygens (including phenoxy) is 1. The summed E-state index contributed by atoms with van der Waals surface area (Å²) in [6.45, 7) is 2.20. The van der Waals surface area contributed by atoms with E-state index in [4.69, 9.17) is 10.5 Å². The third kappa shape index (κ3) is 4.03. The van der Waals surface area contributed by atoms with E-state index in [1.807, 2.05) is 25.1 Å². The Morgan fingerprint density at radius 3 is 2.79 bits per heavy atom. The highest BCUT2D eigenvalue weighted by molar-refractivity contribution is 5.30. The summed E-state index contributed by atoms with van der Waals surface area (Å²) in [7, 11) is 0. The predicted octanol–water partition coefficient (Wildman–Crippen LogP) is 2.69. The van der Waals surface area contributed by atoms with Crippen LogP contribution in [0.2, 0.25) is 0 Å². The maximum Gasteiger partial charge on any atom is 0.165 e. The molecule has 100 valence electrons. The molecule has 2 aromatic rings. The van der Waals surface area contributed by atoms with Crippen LogP contribution in [0.1, 0.15) is 18.1 Å². The number of aromatic nitrogens is 1.